The topological polar surface area (TPSA) is 41.9 Å². The first-order valence-electron chi connectivity index (χ1n) is 4.15. The van der Waals surface area contributed by atoms with Crippen LogP contribution in [0.25, 0.3) is 0 Å². The largest absolute Gasteiger partial charge is 0.443 e. The second-order valence-corrected chi connectivity index (χ2v) is 3.76. The number of nitrogens with zero attached hydrogens (tertiary/aromatic N) is 2. The summed E-state index contributed by atoms with van der Waals surface area (Å²) in [5.41, 5.74) is -0.452. The van der Waals surface area contributed by atoms with Crippen molar-refractivity contribution >= 4 is 12.3 Å². The van der Waals surface area contributed by atoms with Gasteiger partial charge >= 0.3 is 6.09 Å². The Bertz CT molecular complexity index is 251. The van der Waals surface area contributed by atoms with Crippen LogP contribution in [-0.2, 0) is 4.74 Å². The van der Waals surface area contributed by atoms with E-state index in [2.05, 4.69) is 4.99 Å². The molecule has 0 atom stereocenters. The van der Waals surface area contributed by atoms with E-state index in [1.54, 1.807) is 18.5 Å². The van der Waals surface area contributed by atoms with Gasteiger partial charge in [0.15, 0.2) is 0 Å². The van der Waals surface area contributed by atoms with Crippen LogP contribution in [0.3, 0.4) is 0 Å². The van der Waals surface area contributed by atoms with Gasteiger partial charge in [0.1, 0.15) is 12.3 Å². The molecule has 0 N–H and O–H groups in total. The van der Waals surface area contributed by atoms with Crippen molar-refractivity contribution in [3.05, 3.63) is 12.3 Å². The number of allylic oxidation sites excluding steroid dienone is 1. The van der Waals surface area contributed by atoms with Crippen LogP contribution in [0, 0.1) is 0 Å². The quantitative estimate of drug-likeness (QED) is 0.573. The molecule has 0 aromatic carbocycles. The molecule has 1 aliphatic heterocycles. The minimum absolute atomic E-state index is 0.339. The van der Waals surface area contributed by atoms with Gasteiger partial charge in [0, 0.05) is 12.4 Å². The SMILES string of the molecule is CC(C)(C)OC(=O)N1C=CC=NC1. The smallest absolute Gasteiger partial charge is 0.415 e. The third kappa shape index (κ3) is 3.27. The number of hydrogen-bond acceptors (Lipinski definition) is 3. The predicted molar refractivity (Wildman–Crippen MR) is 50.6 cm³/mol. The fraction of sp³-hybridized carbons (Fsp3) is 0.556. The average molecular weight is 182 g/mol. The van der Waals surface area contributed by atoms with Gasteiger partial charge in [-0.3, -0.25) is 9.89 Å². The number of rotatable bonds is 0. The normalized spacial score (nSPS) is 16.1. The van der Waals surface area contributed by atoms with Crippen LogP contribution >= 0.6 is 0 Å². The molecule has 1 rings (SSSR count). The van der Waals surface area contributed by atoms with Crippen molar-refractivity contribution in [1.82, 2.24) is 4.90 Å². The highest BCUT2D eigenvalue weighted by molar-refractivity contribution is 5.76. The Morgan fingerprint density at radius 3 is 2.69 bits per heavy atom. The Morgan fingerprint density at radius 1 is 1.54 bits per heavy atom. The molecule has 1 amide bonds. The van der Waals surface area contributed by atoms with Crippen molar-refractivity contribution in [3.63, 3.8) is 0 Å². The number of hydrogen-bond donors (Lipinski definition) is 0. The lowest BCUT2D eigenvalue weighted by molar-refractivity contribution is 0.0338. The maximum Gasteiger partial charge on any atom is 0.415 e. The van der Waals surface area contributed by atoms with Crippen molar-refractivity contribution < 1.29 is 9.53 Å². The molecule has 0 fully saturated rings. The van der Waals surface area contributed by atoms with Crippen LogP contribution in [-0.4, -0.2) is 29.5 Å². The first-order valence-corrected chi connectivity index (χ1v) is 4.15. The van der Waals surface area contributed by atoms with Crippen molar-refractivity contribution in [2.75, 3.05) is 6.67 Å². The minimum Gasteiger partial charge on any atom is -0.443 e. The van der Waals surface area contributed by atoms with E-state index in [-0.39, 0.29) is 6.09 Å². The lowest BCUT2D eigenvalue weighted by atomic mass is 10.2. The van der Waals surface area contributed by atoms with Crippen molar-refractivity contribution in [3.8, 4) is 0 Å². The number of aliphatic imine (C=N–C) groups is 1. The highest BCUT2D eigenvalue weighted by Gasteiger charge is 2.20. The molecule has 4 heteroatoms. The van der Waals surface area contributed by atoms with Gasteiger partial charge in [-0.15, -0.1) is 0 Å². The van der Waals surface area contributed by atoms with Crippen LogP contribution in [0.5, 0.6) is 0 Å². The Balaban J connectivity index is 2.49. The fourth-order valence-electron chi connectivity index (χ4n) is 0.825. The maximum atomic E-state index is 11.4. The third-order valence-corrected chi connectivity index (χ3v) is 1.32. The number of amides is 1. The first kappa shape index (κ1) is 9.77. The molecule has 1 heterocycles. The second kappa shape index (κ2) is 3.60. The zero-order valence-corrected chi connectivity index (χ0v) is 8.15. The maximum absolute atomic E-state index is 11.4. The molecular weight excluding hydrogens is 168 g/mol. The lowest BCUT2D eigenvalue weighted by Crippen LogP contribution is -2.34. The van der Waals surface area contributed by atoms with Crippen LogP contribution in [0.1, 0.15) is 20.8 Å². The summed E-state index contributed by atoms with van der Waals surface area (Å²) in [6, 6.07) is 0. The molecule has 0 bridgehead atoms. The van der Waals surface area contributed by atoms with Gasteiger partial charge in [-0.05, 0) is 26.8 Å². The molecule has 0 spiro atoms. The molecule has 0 aromatic rings. The Labute approximate surface area is 77.9 Å². The molecule has 0 radical (unpaired) electrons. The summed E-state index contributed by atoms with van der Waals surface area (Å²) in [7, 11) is 0. The number of carbonyl (C=O) groups is 1. The van der Waals surface area contributed by atoms with Crippen molar-refractivity contribution in [2.24, 2.45) is 4.99 Å². The van der Waals surface area contributed by atoms with Gasteiger partial charge in [-0.1, -0.05) is 0 Å². The molecule has 0 unspecified atom stereocenters. The van der Waals surface area contributed by atoms with Crippen molar-refractivity contribution in [1.29, 1.82) is 0 Å². The summed E-state index contributed by atoms with van der Waals surface area (Å²) in [6.45, 7) is 5.84. The molecule has 0 saturated carbocycles. The summed E-state index contributed by atoms with van der Waals surface area (Å²) in [6.07, 6.45) is 4.65. The van der Waals surface area contributed by atoms with E-state index >= 15 is 0 Å². The fourth-order valence-corrected chi connectivity index (χ4v) is 0.825. The lowest BCUT2D eigenvalue weighted by Gasteiger charge is -2.24. The highest BCUT2D eigenvalue weighted by atomic mass is 16.6. The highest BCUT2D eigenvalue weighted by Crippen LogP contribution is 2.10. The van der Waals surface area contributed by atoms with E-state index in [1.165, 1.54) is 4.90 Å². The van der Waals surface area contributed by atoms with E-state index < -0.39 is 5.60 Å². The van der Waals surface area contributed by atoms with Crippen LogP contribution in [0.2, 0.25) is 0 Å². The Hall–Kier alpha value is -1.32. The van der Waals surface area contributed by atoms with E-state index in [1.807, 2.05) is 20.8 Å². The monoisotopic (exact) mass is 182 g/mol. The summed E-state index contributed by atoms with van der Waals surface area (Å²) in [4.78, 5) is 16.7. The first-order chi connectivity index (χ1) is 5.99. The zero-order valence-electron chi connectivity index (χ0n) is 8.15. The summed E-state index contributed by atoms with van der Waals surface area (Å²) in [5, 5.41) is 0. The molecule has 0 aromatic heterocycles. The van der Waals surface area contributed by atoms with Gasteiger partial charge < -0.3 is 4.74 Å². The molecule has 0 saturated heterocycles. The van der Waals surface area contributed by atoms with Crippen LogP contribution < -0.4 is 0 Å². The van der Waals surface area contributed by atoms with E-state index in [4.69, 9.17) is 4.74 Å². The van der Waals surface area contributed by atoms with Gasteiger partial charge in [-0.25, -0.2) is 4.79 Å². The Kier molecular flexibility index (Phi) is 2.70. The summed E-state index contributed by atoms with van der Waals surface area (Å²) < 4.78 is 5.14. The molecule has 1 aliphatic rings. The summed E-state index contributed by atoms with van der Waals surface area (Å²) in [5.74, 6) is 0. The van der Waals surface area contributed by atoms with E-state index in [0.717, 1.165) is 0 Å². The van der Waals surface area contributed by atoms with Crippen LogP contribution in [0.4, 0.5) is 4.79 Å². The standard InChI is InChI=1S/C9H14N2O2/c1-9(2,3)13-8(12)11-6-4-5-10-7-11/h4-6H,7H2,1-3H3. The predicted octanol–water partition coefficient (Wildman–Crippen LogP) is 1.78. The van der Waals surface area contributed by atoms with E-state index in [9.17, 15) is 4.79 Å². The van der Waals surface area contributed by atoms with Gasteiger partial charge in [0.25, 0.3) is 0 Å². The molecule has 13 heavy (non-hydrogen) atoms. The third-order valence-electron chi connectivity index (χ3n) is 1.32. The number of ether oxygens (including phenoxy) is 1. The van der Waals surface area contributed by atoms with Gasteiger partial charge in [0.2, 0.25) is 0 Å². The van der Waals surface area contributed by atoms with Gasteiger partial charge in [0.05, 0.1) is 0 Å². The second-order valence-electron chi connectivity index (χ2n) is 3.76. The number of carbonyl (C=O) groups excluding carboxylic acids is 1. The van der Waals surface area contributed by atoms with E-state index in [0.29, 0.717) is 6.67 Å². The Morgan fingerprint density at radius 2 is 2.23 bits per heavy atom. The van der Waals surface area contributed by atoms with Crippen LogP contribution in [0.15, 0.2) is 17.3 Å². The zero-order chi connectivity index (χ0) is 9.90. The molecular formula is C9H14N2O2. The molecule has 72 valence electrons. The minimum atomic E-state index is -0.452. The molecule has 4 nitrogen and oxygen atoms in total. The molecule has 0 aliphatic carbocycles. The van der Waals surface area contributed by atoms with Gasteiger partial charge in [-0.2, -0.15) is 0 Å². The average Bonchev–Trinajstić information content (AvgIpc) is 2.03. The van der Waals surface area contributed by atoms with Crippen molar-refractivity contribution in [2.45, 2.75) is 26.4 Å². The summed E-state index contributed by atoms with van der Waals surface area (Å²) >= 11 is 0.